The summed E-state index contributed by atoms with van der Waals surface area (Å²) in [6.45, 7) is 0. The van der Waals surface area contributed by atoms with Crippen LogP contribution in [0.5, 0.6) is 0 Å². The average Bonchev–Trinajstić information content (AvgIpc) is 3.71. The molecule has 0 N–H and O–H groups in total. The van der Waals surface area contributed by atoms with Crippen molar-refractivity contribution in [1.82, 2.24) is 15.0 Å². The third-order valence-electron chi connectivity index (χ3n) is 11.2. The van der Waals surface area contributed by atoms with Crippen LogP contribution in [0.4, 0.5) is 0 Å². The Hall–Kier alpha value is -7.53. The topological polar surface area (TPSA) is 38.7 Å². The number of hydrogen-bond donors (Lipinski definition) is 0. The molecule has 0 aliphatic carbocycles. The third kappa shape index (κ3) is 6.56. The highest BCUT2D eigenvalue weighted by atomic mass is 32.1. The fraction of sp³-hybridized carbons (Fsp3) is 0. The van der Waals surface area contributed by atoms with Crippen molar-refractivity contribution in [3.05, 3.63) is 212 Å². The van der Waals surface area contributed by atoms with Gasteiger partial charge in [-0.1, -0.05) is 194 Å². The monoisotopic (exact) mass is 769 g/mol. The molecule has 11 rings (SSSR count). The van der Waals surface area contributed by atoms with E-state index in [1.807, 2.05) is 17.4 Å². The molecule has 0 saturated heterocycles. The summed E-state index contributed by atoms with van der Waals surface area (Å²) >= 11 is 1.82. The minimum atomic E-state index is 0.636. The van der Waals surface area contributed by atoms with Crippen molar-refractivity contribution in [2.75, 3.05) is 0 Å². The maximum absolute atomic E-state index is 5.25. The average molecular weight is 770 g/mol. The first-order valence-electron chi connectivity index (χ1n) is 19.8. The van der Waals surface area contributed by atoms with Gasteiger partial charge in [-0.15, -0.1) is 11.3 Å². The second-order valence-electron chi connectivity index (χ2n) is 14.8. The molecule has 9 aromatic carbocycles. The van der Waals surface area contributed by atoms with E-state index in [0.29, 0.717) is 17.5 Å². The van der Waals surface area contributed by atoms with Crippen LogP contribution in [0.15, 0.2) is 212 Å². The number of aromatic nitrogens is 3. The number of fused-ring (bicyclic) bond motifs is 4. The van der Waals surface area contributed by atoms with Gasteiger partial charge in [-0.3, -0.25) is 0 Å². The lowest BCUT2D eigenvalue weighted by Crippen LogP contribution is -2.00. The van der Waals surface area contributed by atoms with Gasteiger partial charge in [-0.25, -0.2) is 15.0 Å². The normalized spacial score (nSPS) is 11.4. The van der Waals surface area contributed by atoms with Gasteiger partial charge in [-0.05, 0) is 73.5 Å². The fourth-order valence-electron chi connectivity index (χ4n) is 8.14. The first kappa shape index (κ1) is 34.7. The molecule has 0 spiro atoms. The van der Waals surface area contributed by atoms with Crippen LogP contribution in [0.2, 0.25) is 0 Å². The Kier molecular flexibility index (Phi) is 8.68. The molecular weight excluding hydrogens is 735 g/mol. The zero-order valence-electron chi connectivity index (χ0n) is 32.0. The van der Waals surface area contributed by atoms with E-state index in [2.05, 4.69) is 206 Å². The predicted molar refractivity (Wildman–Crippen MR) is 248 cm³/mol. The highest BCUT2D eigenvalue weighted by Gasteiger charge is 2.19. The van der Waals surface area contributed by atoms with Gasteiger partial charge in [0.1, 0.15) is 0 Å². The quantitative estimate of drug-likeness (QED) is 0.162. The standard InChI is InChI=1S/C55H35N3S/c1-3-12-36(13-4-1)39-24-29-41(30-25-39)53-56-54(42-31-26-40(27-32-42)45-33-28-38-16-7-8-17-43(38)34-45)58-55(57-53)49-22-11-23-50-51(49)48-21-10-20-47(52(48)59-50)46-19-9-18-44(35-46)37-14-5-2-6-15-37/h1-35H. The Balaban J connectivity index is 1.04. The second-order valence-corrected chi connectivity index (χ2v) is 15.9. The predicted octanol–water partition coefficient (Wildman–Crippen LogP) is 15.1. The van der Waals surface area contributed by atoms with Gasteiger partial charge in [0.25, 0.3) is 0 Å². The largest absolute Gasteiger partial charge is 0.208 e. The zero-order chi connectivity index (χ0) is 39.1. The Labute approximate surface area is 346 Å². The van der Waals surface area contributed by atoms with E-state index >= 15 is 0 Å². The molecule has 0 radical (unpaired) electrons. The molecule has 276 valence electrons. The van der Waals surface area contributed by atoms with Crippen LogP contribution in [0.3, 0.4) is 0 Å². The number of nitrogens with zero attached hydrogens (tertiary/aromatic N) is 3. The number of thiophene rings is 1. The number of rotatable bonds is 7. The van der Waals surface area contributed by atoms with E-state index in [9.17, 15) is 0 Å². The van der Waals surface area contributed by atoms with Crippen molar-refractivity contribution in [3.63, 3.8) is 0 Å². The van der Waals surface area contributed by atoms with Gasteiger partial charge in [0, 0.05) is 36.9 Å². The maximum atomic E-state index is 5.25. The van der Waals surface area contributed by atoms with Crippen molar-refractivity contribution in [2.45, 2.75) is 0 Å². The molecular formula is C55H35N3S. The lowest BCUT2D eigenvalue weighted by molar-refractivity contribution is 1.08. The van der Waals surface area contributed by atoms with Crippen LogP contribution < -0.4 is 0 Å². The summed E-state index contributed by atoms with van der Waals surface area (Å²) in [5.74, 6) is 1.92. The van der Waals surface area contributed by atoms with Crippen molar-refractivity contribution in [1.29, 1.82) is 0 Å². The van der Waals surface area contributed by atoms with Crippen molar-refractivity contribution in [3.8, 4) is 78.7 Å². The minimum Gasteiger partial charge on any atom is -0.208 e. The van der Waals surface area contributed by atoms with E-state index < -0.39 is 0 Å². The van der Waals surface area contributed by atoms with Gasteiger partial charge in [-0.2, -0.15) is 0 Å². The molecule has 0 fully saturated rings. The van der Waals surface area contributed by atoms with Crippen LogP contribution in [0, 0.1) is 0 Å². The van der Waals surface area contributed by atoms with E-state index in [-0.39, 0.29) is 0 Å². The third-order valence-corrected chi connectivity index (χ3v) is 12.4. The molecule has 0 atom stereocenters. The van der Waals surface area contributed by atoms with Gasteiger partial charge >= 0.3 is 0 Å². The van der Waals surface area contributed by atoms with Gasteiger partial charge < -0.3 is 0 Å². The zero-order valence-corrected chi connectivity index (χ0v) is 32.8. The Morgan fingerprint density at radius 3 is 1.47 bits per heavy atom. The van der Waals surface area contributed by atoms with Gasteiger partial charge in [0.2, 0.25) is 0 Å². The first-order valence-corrected chi connectivity index (χ1v) is 20.7. The van der Waals surface area contributed by atoms with Crippen LogP contribution in [0.1, 0.15) is 0 Å². The molecule has 0 amide bonds. The van der Waals surface area contributed by atoms with E-state index in [1.54, 1.807) is 0 Å². The summed E-state index contributed by atoms with van der Waals surface area (Å²) in [5.41, 5.74) is 12.3. The van der Waals surface area contributed by atoms with E-state index in [0.717, 1.165) is 33.2 Å². The van der Waals surface area contributed by atoms with Crippen molar-refractivity contribution < 1.29 is 0 Å². The molecule has 2 aromatic heterocycles. The lowest BCUT2D eigenvalue weighted by atomic mass is 9.97. The summed E-state index contributed by atoms with van der Waals surface area (Å²) in [7, 11) is 0. The van der Waals surface area contributed by atoms with E-state index in [1.165, 1.54) is 58.9 Å². The second kappa shape index (κ2) is 14.8. The minimum absolute atomic E-state index is 0.636. The fourth-order valence-corrected chi connectivity index (χ4v) is 9.40. The smallest absolute Gasteiger partial charge is 0.164 e. The molecule has 3 nitrogen and oxygen atoms in total. The lowest BCUT2D eigenvalue weighted by Gasteiger charge is -2.11. The highest BCUT2D eigenvalue weighted by Crippen LogP contribution is 2.44. The number of hydrogen-bond acceptors (Lipinski definition) is 4. The first-order chi connectivity index (χ1) is 29.2. The maximum Gasteiger partial charge on any atom is 0.164 e. The van der Waals surface area contributed by atoms with Crippen molar-refractivity contribution in [2.24, 2.45) is 0 Å². The van der Waals surface area contributed by atoms with E-state index in [4.69, 9.17) is 15.0 Å². The van der Waals surface area contributed by atoms with Crippen molar-refractivity contribution >= 4 is 42.3 Å². The Bertz CT molecular complexity index is 3300. The SMILES string of the molecule is c1ccc(-c2ccc(-c3nc(-c4ccc(-c5ccc6ccccc6c5)cc4)nc(-c4cccc5sc6c(-c7cccc(-c8ccccc8)c7)cccc6c45)n3)cc2)cc1. The Morgan fingerprint density at radius 2 is 0.763 bits per heavy atom. The Morgan fingerprint density at radius 1 is 0.288 bits per heavy atom. The van der Waals surface area contributed by atoms with Crippen LogP contribution in [-0.2, 0) is 0 Å². The van der Waals surface area contributed by atoms with Crippen LogP contribution in [0.25, 0.3) is 110 Å². The summed E-state index contributed by atoms with van der Waals surface area (Å²) in [4.78, 5) is 15.6. The summed E-state index contributed by atoms with van der Waals surface area (Å²) in [5, 5.41) is 4.81. The summed E-state index contributed by atoms with van der Waals surface area (Å²) < 4.78 is 2.44. The molecule has 0 unspecified atom stereocenters. The molecule has 0 aliphatic heterocycles. The molecule has 4 heteroatoms. The van der Waals surface area contributed by atoms with Gasteiger partial charge in [0.15, 0.2) is 17.5 Å². The number of benzene rings is 9. The van der Waals surface area contributed by atoms with Gasteiger partial charge in [0.05, 0.1) is 0 Å². The molecule has 0 bridgehead atoms. The summed E-state index contributed by atoms with van der Waals surface area (Å²) in [6.07, 6.45) is 0. The van der Waals surface area contributed by atoms with Crippen LogP contribution in [-0.4, -0.2) is 15.0 Å². The summed E-state index contributed by atoms with van der Waals surface area (Å²) in [6, 6.07) is 75.2. The molecule has 0 aliphatic rings. The van der Waals surface area contributed by atoms with Crippen LogP contribution >= 0.6 is 11.3 Å². The molecule has 59 heavy (non-hydrogen) atoms. The molecule has 2 heterocycles. The molecule has 0 saturated carbocycles. The highest BCUT2D eigenvalue weighted by molar-refractivity contribution is 7.26. The molecule has 11 aromatic rings.